The minimum atomic E-state index is 0.473. The van der Waals surface area contributed by atoms with E-state index in [9.17, 15) is 0 Å². The van der Waals surface area contributed by atoms with E-state index < -0.39 is 0 Å². The monoisotopic (exact) mass is 351 g/mol. The van der Waals surface area contributed by atoms with Crippen LogP contribution < -0.4 is 5.32 Å². The second-order valence-electron chi connectivity index (χ2n) is 4.79. The van der Waals surface area contributed by atoms with Gasteiger partial charge < -0.3 is 5.32 Å². The molecule has 3 aromatic rings. The van der Waals surface area contributed by atoms with Gasteiger partial charge in [-0.25, -0.2) is 0 Å². The van der Waals surface area contributed by atoms with E-state index in [4.69, 9.17) is 5.41 Å². The van der Waals surface area contributed by atoms with Gasteiger partial charge >= 0.3 is 0 Å². The Hall–Kier alpha value is -2.46. The van der Waals surface area contributed by atoms with E-state index in [0.29, 0.717) is 5.71 Å². The number of pyridine rings is 1. The van der Waals surface area contributed by atoms with Gasteiger partial charge in [0.15, 0.2) is 0 Å². The molecule has 3 rings (SSSR count). The van der Waals surface area contributed by atoms with Crippen molar-refractivity contribution in [3.8, 4) is 0 Å². The van der Waals surface area contributed by atoms with Crippen molar-refractivity contribution >= 4 is 33.0 Å². The zero-order valence-corrected chi connectivity index (χ0v) is 13.3. The number of nitrogens with one attached hydrogen (secondary N) is 2. The molecule has 2 aromatic carbocycles. The molecular weight excluding hydrogens is 338 g/mol. The van der Waals surface area contributed by atoms with E-state index >= 15 is 0 Å². The van der Waals surface area contributed by atoms with Crippen molar-refractivity contribution in [2.45, 2.75) is 0 Å². The molecule has 0 amide bonds. The molecule has 108 valence electrons. The lowest BCUT2D eigenvalue weighted by atomic mass is 10.0. The molecule has 0 spiro atoms. The molecule has 0 atom stereocenters. The third-order valence-corrected chi connectivity index (χ3v) is 3.76. The Labute approximate surface area is 137 Å². The van der Waals surface area contributed by atoms with Crippen LogP contribution in [-0.4, -0.2) is 10.7 Å². The fraction of sp³-hybridized carbons (Fsp3) is 0. The molecule has 0 aliphatic heterocycles. The fourth-order valence-electron chi connectivity index (χ4n) is 2.21. The molecule has 0 saturated heterocycles. The summed E-state index contributed by atoms with van der Waals surface area (Å²) in [5, 5.41) is 11.8. The van der Waals surface area contributed by atoms with Gasteiger partial charge in [-0.15, -0.1) is 0 Å². The van der Waals surface area contributed by atoms with Crippen molar-refractivity contribution < 1.29 is 0 Å². The van der Waals surface area contributed by atoms with Crippen LogP contribution in [0.15, 0.2) is 77.5 Å². The van der Waals surface area contributed by atoms with Crippen LogP contribution in [0, 0.1) is 5.41 Å². The Balaban J connectivity index is 1.95. The van der Waals surface area contributed by atoms with E-state index in [1.165, 1.54) is 0 Å². The number of rotatable bonds is 4. The molecule has 0 aliphatic carbocycles. The molecule has 3 nitrogen and oxygen atoms in total. The summed E-state index contributed by atoms with van der Waals surface area (Å²) in [6.45, 7) is 0. The summed E-state index contributed by atoms with van der Waals surface area (Å²) in [6.07, 6.45) is 3.41. The minimum Gasteiger partial charge on any atom is -0.355 e. The summed E-state index contributed by atoms with van der Waals surface area (Å²) in [5.41, 5.74) is 4.06. The molecule has 0 aliphatic rings. The third kappa shape index (κ3) is 3.23. The number of aromatic nitrogens is 1. The van der Waals surface area contributed by atoms with Crippen molar-refractivity contribution in [1.29, 1.82) is 5.41 Å². The van der Waals surface area contributed by atoms with Gasteiger partial charge in [0.1, 0.15) is 0 Å². The first-order valence-corrected chi connectivity index (χ1v) is 7.64. The Morgan fingerprint density at radius 3 is 2.50 bits per heavy atom. The van der Waals surface area contributed by atoms with Crippen molar-refractivity contribution in [3.63, 3.8) is 0 Å². The zero-order valence-electron chi connectivity index (χ0n) is 11.8. The molecule has 4 heteroatoms. The smallest absolute Gasteiger partial charge is 0.0706 e. The van der Waals surface area contributed by atoms with Gasteiger partial charge in [-0.05, 0) is 36.4 Å². The topological polar surface area (TPSA) is 48.8 Å². The maximum absolute atomic E-state index is 8.44. The van der Waals surface area contributed by atoms with Gasteiger partial charge in [0.05, 0.1) is 5.71 Å². The van der Waals surface area contributed by atoms with Crippen LogP contribution in [0.5, 0.6) is 0 Å². The second-order valence-corrected chi connectivity index (χ2v) is 5.71. The lowest BCUT2D eigenvalue weighted by Gasteiger charge is -2.13. The van der Waals surface area contributed by atoms with Crippen LogP contribution >= 0.6 is 15.9 Å². The fourth-order valence-corrected chi connectivity index (χ4v) is 2.61. The second kappa shape index (κ2) is 6.54. The molecule has 0 unspecified atom stereocenters. The van der Waals surface area contributed by atoms with Crippen LogP contribution in [0.25, 0.3) is 0 Å². The molecule has 1 heterocycles. The highest BCUT2D eigenvalue weighted by Crippen LogP contribution is 2.25. The third-order valence-electron chi connectivity index (χ3n) is 3.27. The highest BCUT2D eigenvalue weighted by atomic mass is 79.9. The first-order chi connectivity index (χ1) is 10.7. The molecule has 0 bridgehead atoms. The number of halogens is 1. The average Bonchev–Trinajstić information content (AvgIpc) is 2.56. The molecule has 1 aromatic heterocycles. The molecule has 0 fully saturated rings. The van der Waals surface area contributed by atoms with E-state index in [-0.39, 0.29) is 0 Å². The number of hydrogen-bond donors (Lipinski definition) is 2. The predicted octanol–water partition coefficient (Wildman–Crippen LogP) is 5.00. The highest BCUT2D eigenvalue weighted by molar-refractivity contribution is 9.10. The Morgan fingerprint density at radius 1 is 0.955 bits per heavy atom. The average molecular weight is 352 g/mol. The van der Waals surface area contributed by atoms with Gasteiger partial charge in [-0.2, -0.15) is 0 Å². The molecule has 0 radical (unpaired) electrons. The van der Waals surface area contributed by atoms with Crippen LogP contribution in [-0.2, 0) is 0 Å². The molecular formula is C18H14BrN3. The van der Waals surface area contributed by atoms with Crippen molar-refractivity contribution in [2.24, 2.45) is 0 Å². The quantitative estimate of drug-likeness (QED) is 0.649. The van der Waals surface area contributed by atoms with Crippen LogP contribution in [0.3, 0.4) is 0 Å². The first kappa shape index (κ1) is 14.5. The summed E-state index contributed by atoms with van der Waals surface area (Å²) in [5.74, 6) is 0. The van der Waals surface area contributed by atoms with Gasteiger partial charge in [0.2, 0.25) is 0 Å². The summed E-state index contributed by atoms with van der Waals surface area (Å²) in [6, 6.07) is 19.5. The SMILES string of the molecule is N=C(c1ccncc1)c1ccccc1Nc1cccc(Br)c1. The molecule has 2 N–H and O–H groups in total. The van der Waals surface area contributed by atoms with Crippen LogP contribution in [0.4, 0.5) is 11.4 Å². The van der Waals surface area contributed by atoms with Crippen LogP contribution in [0.1, 0.15) is 11.1 Å². The highest BCUT2D eigenvalue weighted by Gasteiger charge is 2.09. The number of anilines is 2. The summed E-state index contributed by atoms with van der Waals surface area (Å²) in [7, 11) is 0. The number of nitrogens with zero attached hydrogens (tertiary/aromatic N) is 1. The molecule has 0 saturated carbocycles. The lowest BCUT2D eigenvalue weighted by molar-refractivity contribution is 1.31. The lowest BCUT2D eigenvalue weighted by Crippen LogP contribution is -2.05. The van der Waals surface area contributed by atoms with Gasteiger partial charge in [-0.3, -0.25) is 10.4 Å². The maximum Gasteiger partial charge on any atom is 0.0706 e. The minimum absolute atomic E-state index is 0.473. The summed E-state index contributed by atoms with van der Waals surface area (Å²) >= 11 is 3.47. The normalized spacial score (nSPS) is 10.2. The number of benzene rings is 2. The van der Waals surface area contributed by atoms with Crippen LogP contribution in [0.2, 0.25) is 0 Å². The first-order valence-electron chi connectivity index (χ1n) is 6.85. The van der Waals surface area contributed by atoms with Crippen molar-refractivity contribution in [1.82, 2.24) is 4.98 Å². The predicted molar refractivity (Wildman–Crippen MR) is 94.0 cm³/mol. The Morgan fingerprint density at radius 2 is 1.73 bits per heavy atom. The Kier molecular flexibility index (Phi) is 4.30. The van der Waals surface area contributed by atoms with Crippen molar-refractivity contribution in [2.75, 3.05) is 5.32 Å². The van der Waals surface area contributed by atoms with Gasteiger partial charge in [0.25, 0.3) is 0 Å². The van der Waals surface area contributed by atoms with E-state index in [1.54, 1.807) is 12.4 Å². The Bertz CT molecular complexity index is 800. The molecule has 22 heavy (non-hydrogen) atoms. The number of para-hydroxylation sites is 1. The van der Waals surface area contributed by atoms with Crippen molar-refractivity contribution in [3.05, 3.63) is 88.7 Å². The van der Waals surface area contributed by atoms with E-state index in [0.717, 1.165) is 27.0 Å². The van der Waals surface area contributed by atoms with Gasteiger partial charge in [0, 0.05) is 39.4 Å². The largest absolute Gasteiger partial charge is 0.355 e. The summed E-state index contributed by atoms with van der Waals surface area (Å²) in [4.78, 5) is 4.00. The van der Waals surface area contributed by atoms with Gasteiger partial charge in [-0.1, -0.05) is 40.2 Å². The standard InChI is InChI=1S/C18H14BrN3/c19-14-4-3-5-15(12-14)22-17-7-2-1-6-16(17)18(20)13-8-10-21-11-9-13/h1-12,20,22H. The summed E-state index contributed by atoms with van der Waals surface area (Å²) < 4.78 is 1.01. The zero-order chi connectivity index (χ0) is 15.4. The number of hydrogen-bond acceptors (Lipinski definition) is 3. The maximum atomic E-state index is 8.44. The van der Waals surface area contributed by atoms with E-state index in [1.807, 2.05) is 60.7 Å². The van der Waals surface area contributed by atoms with E-state index in [2.05, 4.69) is 26.2 Å².